The van der Waals surface area contributed by atoms with E-state index in [-0.39, 0.29) is 12.1 Å². The summed E-state index contributed by atoms with van der Waals surface area (Å²) >= 11 is 0. The van der Waals surface area contributed by atoms with Crippen molar-refractivity contribution >= 4 is 5.91 Å². The lowest BCUT2D eigenvalue weighted by atomic mass is 10.1. The smallest absolute Gasteiger partial charge is 0.263 e. The summed E-state index contributed by atoms with van der Waals surface area (Å²) in [6.45, 7) is 5.79. The molecule has 0 bridgehead atoms. The van der Waals surface area contributed by atoms with Gasteiger partial charge in [-0.25, -0.2) is 0 Å². The molecule has 0 atom stereocenters. The number of amides is 1. The van der Waals surface area contributed by atoms with E-state index in [1.165, 1.54) is 12.5 Å². The molecule has 1 amide bonds. The zero-order valence-corrected chi connectivity index (χ0v) is 16.2. The molecule has 0 radical (unpaired) electrons. The minimum Gasteiger partial charge on any atom is -0.490 e. The van der Waals surface area contributed by atoms with Crippen molar-refractivity contribution in [2.75, 3.05) is 19.8 Å². The number of nitrogens with one attached hydrogen (secondary N) is 2. The molecule has 0 unspecified atom stereocenters. The molecule has 0 saturated heterocycles. The first-order valence-electron chi connectivity index (χ1n) is 9.20. The molecular formula is C21H25N3O4. The van der Waals surface area contributed by atoms with Crippen molar-refractivity contribution in [2.45, 2.75) is 26.8 Å². The van der Waals surface area contributed by atoms with Crippen LogP contribution in [0.1, 0.15) is 25.2 Å². The number of hydrogen-bond donors (Lipinski definition) is 2. The number of rotatable bonds is 11. The third-order valence-electron chi connectivity index (χ3n) is 3.78. The Morgan fingerprint density at radius 1 is 1.21 bits per heavy atom. The molecule has 148 valence electrons. The standard InChI is InChI=1S/C21H25N3O4/c1-3-26-19-8-7-16(12-20(19)27-4-2)9-10-23-14-17(13-22)21(25)24-15-18-6-5-11-28-18/h5-8,11-12,14,23H,3-4,9-10,15H2,1-2H3,(H,24,25)/b17-14-. The number of furan rings is 1. The quantitative estimate of drug-likeness (QED) is 0.352. The Kier molecular flexibility index (Phi) is 8.47. The zero-order chi connectivity index (χ0) is 20.2. The second-order valence-corrected chi connectivity index (χ2v) is 5.78. The molecule has 0 fully saturated rings. The number of carbonyl (C=O) groups excluding carboxylic acids is 1. The summed E-state index contributed by atoms with van der Waals surface area (Å²) in [6.07, 6.45) is 3.66. The number of nitriles is 1. The molecule has 1 aromatic carbocycles. The molecule has 7 heteroatoms. The first-order chi connectivity index (χ1) is 13.7. The van der Waals surface area contributed by atoms with Gasteiger partial charge in [0.15, 0.2) is 11.5 Å². The highest BCUT2D eigenvalue weighted by Crippen LogP contribution is 2.28. The number of hydrogen-bond acceptors (Lipinski definition) is 6. The largest absolute Gasteiger partial charge is 0.490 e. The fraction of sp³-hybridized carbons (Fsp3) is 0.333. The topological polar surface area (TPSA) is 96.5 Å². The summed E-state index contributed by atoms with van der Waals surface area (Å²) in [4.78, 5) is 12.0. The van der Waals surface area contributed by atoms with Gasteiger partial charge in [-0.1, -0.05) is 6.07 Å². The minimum atomic E-state index is -0.453. The first kappa shape index (κ1) is 20.9. The van der Waals surface area contributed by atoms with Crippen molar-refractivity contribution < 1.29 is 18.7 Å². The van der Waals surface area contributed by atoms with Crippen LogP contribution in [-0.4, -0.2) is 25.7 Å². The average molecular weight is 383 g/mol. The van der Waals surface area contributed by atoms with Crippen molar-refractivity contribution in [1.82, 2.24) is 10.6 Å². The lowest BCUT2D eigenvalue weighted by Gasteiger charge is -2.12. The predicted molar refractivity (Wildman–Crippen MR) is 105 cm³/mol. The molecular weight excluding hydrogens is 358 g/mol. The van der Waals surface area contributed by atoms with Crippen LogP contribution in [0.4, 0.5) is 0 Å². The van der Waals surface area contributed by atoms with Gasteiger partial charge in [0, 0.05) is 12.7 Å². The second kappa shape index (κ2) is 11.3. The number of ether oxygens (including phenoxy) is 2. The van der Waals surface area contributed by atoms with Crippen molar-refractivity contribution in [1.29, 1.82) is 5.26 Å². The van der Waals surface area contributed by atoms with Crippen LogP contribution in [0.2, 0.25) is 0 Å². The molecule has 0 aliphatic rings. The van der Waals surface area contributed by atoms with Crippen molar-refractivity contribution in [3.63, 3.8) is 0 Å². The van der Waals surface area contributed by atoms with E-state index in [1.54, 1.807) is 12.1 Å². The van der Waals surface area contributed by atoms with Crippen LogP contribution in [0.25, 0.3) is 0 Å². The van der Waals surface area contributed by atoms with Crippen LogP contribution in [-0.2, 0) is 17.8 Å². The first-order valence-corrected chi connectivity index (χ1v) is 9.20. The number of benzene rings is 1. The van der Waals surface area contributed by atoms with Crippen LogP contribution in [0.15, 0.2) is 52.8 Å². The maximum Gasteiger partial charge on any atom is 0.263 e. The number of nitrogens with zero attached hydrogens (tertiary/aromatic N) is 1. The molecule has 2 N–H and O–H groups in total. The van der Waals surface area contributed by atoms with Gasteiger partial charge < -0.3 is 24.5 Å². The maximum atomic E-state index is 12.0. The van der Waals surface area contributed by atoms with E-state index >= 15 is 0 Å². The normalized spacial score (nSPS) is 10.8. The molecule has 28 heavy (non-hydrogen) atoms. The van der Waals surface area contributed by atoms with Gasteiger partial charge in [0.05, 0.1) is 26.0 Å². The Hall–Kier alpha value is -3.40. The highest BCUT2D eigenvalue weighted by atomic mass is 16.5. The van der Waals surface area contributed by atoms with Gasteiger partial charge >= 0.3 is 0 Å². The second-order valence-electron chi connectivity index (χ2n) is 5.78. The van der Waals surface area contributed by atoms with Crippen LogP contribution < -0.4 is 20.1 Å². The van der Waals surface area contributed by atoms with Crippen molar-refractivity contribution in [3.8, 4) is 17.6 Å². The summed E-state index contributed by atoms with van der Waals surface area (Å²) in [5.74, 6) is 1.61. The fourth-order valence-electron chi connectivity index (χ4n) is 2.47. The average Bonchev–Trinajstić information content (AvgIpc) is 3.22. The molecule has 2 rings (SSSR count). The minimum absolute atomic E-state index is 0.00764. The third kappa shape index (κ3) is 6.40. The van der Waals surface area contributed by atoms with E-state index in [1.807, 2.05) is 38.1 Å². The maximum absolute atomic E-state index is 12.0. The zero-order valence-electron chi connectivity index (χ0n) is 16.2. The molecule has 1 aromatic heterocycles. The predicted octanol–water partition coefficient (Wildman–Crippen LogP) is 2.93. The molecule has 0 spiro atoms. The highest BCUT2D eigenvalue weighted by Gasteiger charge is 2.09. The van der Waals surface area contributed by atoms with Gasteiger partial charge in [0.2, 0.25) is 0 Å². The monoisotopic (exact) mass is 383 g/mol. The Balaban J connectivity index is 1.86. The van der Waals surface area contributed by atoms with Gasteiger partial charge in [0.25, 0.3) is 5.91 Å². The SMILES string of the molecule is CCOc1ccc(CCN/C=C(/C#N)C(=O)NCc2ccco2)cc1OCC. The Morgan fingerprint density at radius 3 is 2.68 bits per heavy atom. The molecule has 0 saturated carbocycles. The van der Waals surface area contributed by atoms with Gasteiger partial charge in [-0.3, -0.25) is 4.79 Å². The van der Waals surface area contributed by atoms with E-state index in [4.69, 9.17) is 13.9 Å². The van der Waals surface area contributed by atoms with Gasteiger partial charge in [0.1, 0.15) is 17.4 Å². The van der Waals surface area contributed by atoms with Gasteiger partial charge in [-0.2, -0.15) is 5.26 Å². The van der Waals surface area contributed by atoms with Crippen LogP contribution in [0, 0.1) is 11.3 Å². The Bertz CT molecular complexity index is 823. The Morgan fingerprint density at radius 2 is 2.00 bits per heavy atom. The fourth-order valence-corrected chi connectivity index (χ4v) is 2.47. The summed E-state index contributed by atoms with van der Waals surface area (Å²) in [6, 6.07) is 11.2. The van der Waals surface area contributed by atoms with E-state index in [0.717, 1.165) is 11.3 Å². The summed E-state index contributed by atoms with van der Waals surface area (Å²) in [5, 5.41) is 14.8. The lowest BCUT2D eigenvalue weighted by molar-refractivity contribution is -0.117. The molecule has 0 aliphatic heterocycles. The summed E-state index contributed by atoms with van der Waals surface area (Å²) < 4.78 is 16.3. The van der Waals surface area contributed by atoms with Crippen molar-refractivity contribution in [3.05, 3.63) is 59.7 Å². The van der Waals surface area contributed by atoms with E-state index in [2.05, 4.69) is 10.6 Å². The molecule has 7 nitrogen and oxygen atoms in total. The van der Waals surface area contributed by atoms with Crippen LogP contribution in [0.5, 0.6) is 11.5 Å². The van der Waals surface area contributed by atoms with Crippen LogP contribution in [0.3, 0.4) is 0 Å². The lowest BCUT2D eigenvalue weighted by Crippen LogP contribution is -2.25. The Labute approximate surface area is 164 Å². The molecule has 1 heterocycles. The summed E-state index contributed by atoms with van der Waals surface area (Å²) in [7, 11) is 0. The summed E-state index contributed by atoms with van der Waals surface area (Å²) in [5.41, 5.74) is 1.07. The van der Waals surface area contributed by atoms with E-state index in [9.17, 15) is 10.1 Å². The number of carbonyl (C=O) groups is 1. The highest BCUT2D eigenvalue weighted by molar-refractivity contribution is 5.97. The van der Waals surface area contributed by atoms with Crippen molar-refractivity contribution in [2.24, 2.45) is 0 Å². The third-order valence-corrected chi connectivity index (χ3v) is 3.78. The van der Waals surface area contributed by atoms with Crippen LogP contribution >= 0.6 is 0 Å². The molecule has 2 aromatic rings. The van der Waals surface area contributed by atoms with E-state index < -0.39 is 5.91 Å². The molecule has 0 aliphatic carbocycles. The van der Waals surface area contributed by atoms with E-state index in [0.29, 0.717) is 37.7 Å². The van der Waals surface area contributed by atoms with Gasteiger partial charge in [-0.05, 0) is 50.1 Å². The van der Waals surface area contributed by atoms with Gasteiger partial charge in [-0.15, -0.1) is 0 Å².